The molecule has 3 saturated heterocycles. The summed E-state index contributed by atoms with van der Waals surface area (Å²) in [6.07, 6.45) is 6.75. The second-order valence-corrected chi connectivity index (χ2v) is 14.8. The number of benzene rings is 1. The van der Waals surface area contributed by atoms with Gasteiger partial charge in [-0.05, 0) is 102 Å². The highest BCUT2D eigenvalue weighted by Crippen LogP contribution is 2.36. The molecule has 3 fully saturated rings. The molecule has 2 atom stereocenters. The Bertz CT molecular complexity index is 1480. The maximum Gasteiger partial charge on any atom is 0.264 e. The fourth-order valence-electron chi connectivity index (χ4n) is 7.36. The summed E-state index contributed by atoms with van der Waals surface area (Å²) >= 11 is 0. The van der Waals surface area contributed by atoms with Crippen molar-refractivity contribution in [2.24, 2.45) is 5.92 Å². The molecule has 2 aromatic rings. The van der Waals surface area contributed by atoms with Crippen LogP contribution in [-0.2, 0) is 10.0 Å². The number of piperidine rings is 2. The average molecular weight is 611 g/mol. The SMILES string of the molecule is CC(C)n1c(=O)c(C(=O)NC2CC3CCC(C2)N3CCCS(=O)(=O)NCC2CCN(CCC#N)CC2)cc2ccccc21. The molecule has 0 spiro atoms. The van der Waals surface area contributed by atoms with Gasteiger partial charge in [0.25, 0.3) is 11.5 Å². The van der Waals surface area contributed by atoms with E-state index in [0.717, 1.165) is 75.6 Å². The van der Waals surface area contributed by atoms with E-state index >= 15 is 0 Å². The van der Waals surface area contributed by atoms with E-state index in [1.54, 1.807) is 10.6 Å². The molecule has 0 saturated carbocycles. The van der Waals surface area contributed by atoms with E-state index in [9.17, 15) is 18.0 Å². The number of rotatable bonds is 12. The van der Waals surface area contributed by atoms with Gasteiger partial charge in [-0.25, -0.2) is 13.1 Å². The summed E-state index contributed by atoms with van der Waals surface area (Å²) in [5, 5.41) is 12.8. The highest BCUT2D eigenvalue weighted by atomic mass is 32.2. The van der Waals surface area contributed by atoms with Crippen molar-refractivity contribution in [1.29, 1.82) is 5.26 Å². The van der Waals surface area contributed by atoms with Gasteiger partial charge in [0.1, 0.15) is 5.56 Å². The standard InChI is InChI=1S/C32H46N6O4S/c1-23(2)38-30-8-4-3-7-25(30)19-29(32(38)40)31(39)35-26-20-27-9-10-28(21-26)37(27)15-6-18-43(41,42)34-22-24-11-16-36(17-12-24)14-5-13-33/h3-4,7-8,19,23-24,26-28,34H,5-6,9-12,14-18,20-22H2,1-2H3,(H,35,39). The first-order valence-corrected chi connectivity index (χ1v) is 17.6. The molecule has 2 bridgehead atoms. The number of nitriles is 1. The van der Waals surface area contributed by atoms with Crippen LogP contribution in [0.3, 0.4) is 0 Å². The summed E-state index contributed by atoms with van der Waals surface area (Å²) < 4.78 is 30.0. The number of carbonyl (C=O) groups is 1. The highest BCUT2D eigenvalue weighted by molar-refractivity contribution is 7.89. The summed E-state index contributed by atoms with van der Waals surface area (Å²) in [6.45, 7) is 7.77. The Balaban J connectivity index is 1.09. The molecule has 2 unspecified atom stereocenters. The zero-order chi connectivity index (χ0) is 30.6. The number of sulfonamides is 1. The van der Waals surface area contributed by atoms with E-state index in [0.29, 0.717) is 37.4 Å². The minimum Gasteiger partial charge on any atom is -0.349 e. The molecule has 3 aliphatic rings. The maximum absolute atomic E-state index is 13.4. The lowest BCUT2D eigenvalue weighted by Gasteiger charge is -2.39. The lowest BCUT2D eigenvalue weighted by atomic mass is 9.96. The highest BCUT2D eigenvalue weighted by Gasteiger charge is 2.41. The van der Waals surface area contributed by atoms with Crippen molar-refractivity contribution in [1.82, 2.24) is 24.4 Å². The van der Waals surface area contributed by atoms with E-state index in [4.69, 9.17) is 5.26 Å². The van der Waals surface area contributed by atoms with Crippen LogP contribution in [0.2, 0.25) is 0 Å². The third kappa shape index (κ3) is 7.66. The molecular weight excluding hydrogens is 564 g/mol. The van der Waals surface area contributed by atoms with Gasteiger partial charge in [0, 0.05) is 43.7 Å². The van der Waals surface area contributed by atoms with Crippen LogP contribution in [-0.4, -0.2) is 85.3 Å². The summed E-state index contributed by atoms with van der Waals surface area (Å²) in [5.74, 6) is 0.155. The monoisotopic (exact) mass is 610 g/mol. The largest absolute Gasteiger partial charge is 0.349 e. The van der Waals surface area contributed by atoms with E-state index in [1.807, 2.05) is 38.1 Å². The molecule has 1 aromatic heterocycles. The Labute approximate surface area is 255 Å². The van der Waals surface area contributed by atoms with Gasteiger partial charge in [-0.1, -0.05) is 18.2 Å². The van der Waals surface area contributed by atoms with E-state index in [1.165, 1.54) is 0 Å². The van der Waals surface area contributed by atoms with Crippen molar-refractivity contribution < 1.29 is 13.2 Å². The average Bonchev–Trinajstić information content (AvgIpc) is 3.21. The van der Waals surface area contributed by atoms with Crippen molar-refractivity contribution in [3.63, 3.8) is 0 Å². The number of nitrogens with one attached hydrogen (secondary N) is 2. The molecular formula is C32H46N6O4S. The molecule has 10 nitrogen and oxygen atoms in total. The van der Waals surface area contributed by atoms with Crippen LogP contribution in [0.1, 0.15) is 81.6 Å². The Morgan fingerprint density at radius 2 is 1.77 bits per heavy atom. The van der Waals surface area contributed by atoms with Gasteiger partial charge in [-0.3, -0.25) is 14.5 Å². The maximum atomic E-state index is 13.4. The number of aromatic nitrogens is 1. The number of carbonyl (C=O) groups excluding carboxylic acids is 1. The number of fused-ring (bicyclic) bond motifs is 3. The molecule has 2 N–H and O–H groups in total. The Hall–Kier alpha value is -2.78. The van der Waals surface area contributed by atoms with Gasteiger partial charge >= 0.3 is 0 Å². The van der Waals surface area contributed by atoms with E-state index < -0.39 is 10.0 Å². The summed E-state index contributed by atoms with van der Waals surface area (Å²) in [6, 6.07) is 12.1. The molecule has 43 heavy (non-hydrogen) atoms. The molecule has 5 rings (SSSR count). The first-order chi connectivity index (χ1) is 20.6. The van der Waals surface area contributed by atoms with Crippen LogP contribution >= 0.6 is 0 Å². The van der Waals surface area contributed by atoms with Gasteiger partial charge in [-0.2, -0.15) is 5.26 Å². The molecule has 3 aliphatic heterocycles. The summed E-state index contributed by atoms with van der Waals surface area (Å²) in [4.78, 5) is 31.4. The van der Waals surface area contributed by atoms with Crippen LogP contribution in [0.5, 0.6) is 0 Å². The third-order valence-electron chi connectivity index (χ3n) is 9.59. The zero-order valence-electron chi connectivity index (χ0n) is 25.5. The predicted octanol–water partition coefficient (Wildman–Crippen LogP) is 3.24. The lowest BCUT2D eigenvalue weighted by molar-refractivity contribution is 0.0844. The number of pyridine rings is 1. The van der Waals surface area contributed by atoms with Gasteiger partial charge < -0.3 is 14.8 Å². The molecule has 1 aromatic carbocycles. The van der Waals surface area contributed by atoms with Gasteiger partial charge in [-0.15, -0.1) is 0 Å². The second kappa shape index (κ2) is 13.9. The minimum atomic E-state index is -3.33. The number of hydrogen-bond donors (Lipinski definition) is 2. The number of hydrogen-bond acceptors (Lipinski definition) is 7. The van der Waals surface area contributed by atoms with Crippen molar-refractivity contribution in [2.45, 2.75) is 89.4 Å². The van der Waals surface area contributed by atoms with Crippen molar-refractivity contribution >= 4 is 26.8 Å². The van der Waals surface area contributed by atoms with Crippen molar-refractivity contribution in [2.75, 3.05) is 38.5 Å². The third-order valence-corrected chi connectivity index (χ3v) is 11.0. The Morgan fingerprint density at radius 1 is 1.07 bits per heavy atom. The Kier molecular flexibility index (Phi) is 10.2. The fourth-order valence-corrected chi connectivity index (χ4v) is 8.50. The normalized spacial score (nSPS) is 23.5. The molecule has 0 radical (unpaired) electrons. The Morgan fingerprint density at radius 3 is 2.44 bits per heavy atom. The first kappa shape index (κ1) is 31.6. The van der Waals surface area contributed by atoms with Gasteiger partial charge in [0.15, 0.2) is 0 Å². The fraction of sp³-hybridized carbons (Fsp3) is 0.656. The molecule has 11 heteroatoms. The van der Waals surface area contributed by atoms with Crippen LogP contribution in [0.4, 0.5) is 0 Å². The smallest absolute Gasteiger partial charge is 0.264 e. The van der Waals surface area contributed by atoms with E-state index in [-0.39, 0.29) is 34.9 Å². The number of amides is 1. The number of likely N-dealkylation sites (tertiary alicyclic amines) is 1. The van der Waals surface area contributed by atoms with Gasteiger partial charge in [0.2, 0.25) is 10.0 Å². The molecule has 234 valence electrons. The van der Waals surface area contributed by atoms with Crippen LogP contribution in [0, 0.1) is 17.2 Å². The summed E-state index contributed by atoms with van der Waals surface area (Å²) in [5.41, 5.74) is 0.753. The summed E-state index contributed by atoms with van der Waals surface area (Å²) in [7, 11) is -3.33. The second-order valence-electron chi connectivity index (χ2n) is 12.9. The number of para-hydroxylation sites is 1. The molecule has 1 amide bonds. The van der Waals surface area contributed by atoms with Crippen molar-refractivity contribution in [3.8, 4) is 6.07 Å². The zero-order valence-corrected chi connectivity index (χ0v) is 26.3. The first-order valence-electron chi connectivity index (χ1n) is 15.9. The van der Waals surface area contributed by atoms with E-state index in [2.05, 4.69) is 25.9 Å². The van der Waals surface area contributed by atoms with Crippen LogP contribution in [0.15, 0.2) is 35.1 Å². The number of nitrogens with zero attached hydrogens (tertiary/aromatic N) is 4. The van der Waals surface area contributed by atoms with Crippen LogP contribution in [0.25, 0.3) is 10.9 Å². The lowest BCUT2D eigenvalue weighted by Crippen LogP contribution is -2.51. The van der Waals surface area contributed by atoms with Crippen molar-refractivity contribution in [3.05, 3.63) is 46.2 Å². The molecule has 0 aliphatic carbocycles. The quantitative estimate of drug-likeness (QED) is 0.378. The van der Waals surface area contributed by atoms with Crippen LogP contribution < -0.4 is 15.6 Å². The predicted molar refractivity (Wildman–Crippen MR) is 168 cm³/mol. The minimum absolute atomic E-state index is 0.00339. The van der Waals surface area contributed by atoms with Gasteiger partial charge in [0.05, 0.1) is 17.3 Å². The topological polar surface area (TPSA) is 128 Å². The molecule has 4 heterocycles.